The summed E-state index contributed by atoms with van der Waals surface area (Å²) >= 11 is 5.89. The number of aryl methyl sites for hydroxylation is 1. The molecule has 0 N–H and O–H groups in total. The van der Waals surface area contributed by atoms with Crippen LogP contribution in [-0.2, 0) is 12.3 Å². The van der Waals surface area contributed by atoms with Gasteiger partial charge in [-0.3, -0.25) is 4.57 Å². The fourth-order valence-electron chi connectivity index (χ4n) is 1.99. The summed E-state index contributed by atoms with van der Waals surface area (Å²) < 4.78 is 12.6. The van der Waals surface area contributed by atoms with Crippen molar-refractivity contribution < 1.29 is 9.47 Å². The molecule has 1 aromatic carbocycles. The second kappa shape index (κ2) is 4.49. The van der Waals surface area contributed by atoms with Crippen molar-refractivity contribution >= 4 is 11.6 Å². The Kier molecular flexibility index (Phi) is 2.83. The Bertz CT molecular complexity index is 561. The van der Waals surface area contributed by atoms with E-state index >= 15 is 0 Å². The molecule has 0 atom stereocenters. The van der Waals surface area contributed by atoms with E-state index < -0.39 is 0 Å². The first-order valence-corrected chi connectivity index (χ1v) is 6.26. The number of hydrogen-bond acceptors (Lipinski definition) is 4. The average Bonchev–Trinajstić information content (AvgIpc) is 3.03. The van der Waals surface area contributed by atoms with Gasteiger partial charge in [0.05, 0.1) is 11.6 Å². The normalized spacial score (nSPS) is 13.0. The SMILES string of the molecule is CCc1nnc(CCl)n1-c1ccc2c(c1)OCO2. The van der Waals surface area contributed by atoms with Gasteiger partial charge in [0, 0.05) is 12.5 Å². The summed E-state index contributed by atoms with van der Waals surface area (Å²) in [4.78, 5) is 0. The highest BCUT2D eigenvalue weighted by atomic mass is 35.5. The lowest BCUT2D eigenvalue weighted by Gasteiger charge is -2.09. The van der Waals surface area contributed by atoms with E-state index in [1.54, 1.807) is 0 Å². The van der Waals surface area contributed by atoms with Gasteiger partial charge in [0.25, 0.3) is 0 Å². The minimum absolute atomic E-state index is 0.268. The molecule has 0 bridgehead atoms. The highest BCUT2D eigenvalue weighted by molar-refractivity contribution is 6.16. The largest absolute Gasteiger partial charge is 0.454 e. The third-order valence-corrected chi connectivity index (χ3v) is 3.09. The van der Waals surface area contributed by atoms with Gasteiger partial charge in [-0.1, -0.05) is 6.92 Å². The number of alkyl halides is 1. The molecular formula is C12H12ClN3O2. The first-order valence-electron chi connectivity index (χ1n) is 5.72. The van der Waals surface area contributed by atoms with Gasteiger partial charge in [-0.05, 0) is 12.1 Å². The van der Waals surface area contributed by atoms with Gasteiger partial charge >= 0.3 is 0 Å². The highest BCUT2D eigenvalue weighted by Crippen LogP contribution is 2.34. The van der Waals surface area contributed by atoms with Crippen LogP contribution in [0.15, 0.2) is 18.2 Å². The molecule has 1 aliphatic rings. The monoisotopic (exact) mass is 265 g/mol. The van der Waals surface area contributed by atoms with Crippen molar-refractivity contribution in [2.24, 2.45) is 0 Å². The second-order valence-electron chi connectivity index (χ2n) is 3.89. The number of hydrogen-bond donors (Lipinski definition) is 0. The molecule has 0 saturated heterocycles. The summed E-state index contributed by atoms with van der Waals surface area (Å²) in [7, 11) is 0. The minimum Gasteiger partial charge on any atom is -0.454 e. The Labute approximate surface area is 109 Å². The molecule has 0 radical (unpaired) electrons. The molecule has 0 saturated carbocycles. The van der Waals surface area contributed by atoms with Crippen LogP contribution in [0, 0.1) is 0 Å². The van der Waals surface area contributed by atoms with Crippen molar-refractivity contribution in [2.75, 3.05) is 6.79 Å². The Hall–Kier alpha value is -1.75. The maximum Gasteiger partial charge on any atom is 0.231 e. The number of fused-ring (bicyclic) bond motifs is 1. The molecule has 6 heteroatoms. The van der Waals surface area contributed by atoms with Crippen LogP contribution in [0.5, 0.6) is 11.5 Å². The summed E-state index contributed by atoms with van der Waals surface area (Å²) in [5, 5.41) is 8.22. The maximum absolute atomic E-state index is 5.89. The molecule has 1 aromatic heterocycles. The number of nitrogens with zero attached hydrogens (tertiary/aromatic N) is 3. The lowest BCUT2D eigenvalue weighted by molar-refractivity contribution is 0.174. The Morgan fingerprint density at radius 3 is 2.78 bits per heavy atom. The molecular weight excluding hydrogens is 254 g/mol. The third kappa shape index (κ3) is 1.71. The van der Waals surface area contributed by atoms with E-state index in [1.807, 2.05) is 29.7 Å². The zero-order valence-corrected chi connectivity index (χ0v) is 10.6. The Morgan fingerprint density at radius 2 is 2.00 bits per heavy atom. The van der Waals surface area contributed by atoms with E-state index in [1.165, 1.54) is 0 Å². The zero-order chi connectivity index (χ0) is 12.5. The first kappa shape index (κ1) is 11.3. The van der Waals surface area contributed by atoms with Crippen LogP contribution in [0.4, 0.5) is 0 Å². The molecule has 0 fully saturated rings. The predicted octanol–water partition coefficient (Wildman–Crippen LogP) is 2.30. The van der Waals surface area contributed by atoms with Crippen LogP contribution >= 0.6 is 11.6 Å². The molecule has 94 valence electrons. The smallest absolute Gasteiger partial charge is 0.231 e. The van der Waals surface area contributed by atoms with Crippen molar-refractivity contribution in [1.82, 2.24) is 14.8 Å². The van der Waals surface area contributed by atoms with E-state index in [0.717, 1.165) is 35.3 Å². The van der Waals surface area contributed by atoms with Crippen LogP contribution in [0.3, 0.4) is 0 Å². The molecule has 0 spiro atoms. The van der Waals surface area contributed by atoms with Gasteiger partial charge in [-0.15, -0.1) is 21.8 Å². The molecule has 3 rings (SSSR count). The topological polar surface area (TPSA) is 49.2 Å². The van der Waals surface area contributed by atoms with Crippen LogP contribution < -0.4 is 9.47 Å². The molecule has 0 amide bonds. The molecule has 2 aromatic rings. The number of benzene rings is 1. The third-order valence-electron chi connectivity index (χ3n) is 2.85. The van der Waals surface area contributed by atoms with E-state index in [-0.39, 0.29) is 6.79 Å². The van der Waals surface area contributed by atoms with Crippen molar-refractivity contribution in [1.29, 1.82) is 0 Å². The lowest BCUT2D eigenvalue weighted by atomic mass is 10.2. The van der Waals surface area contributed by atoms with Crippen LogP contribution in [0.25, 0.3) is 5.69 Å². The summed E-state index contributed by atoms with van der Waals surface area (Å²) in [6.45, 7) is 2.30. The highest BCUT2D eigenvalue weighted by Gasteiger charge is 2.17. The van der Waals surface area contributed by atoms with Gasteiger partial charge < -0.3 is 9.47 Å². The number of halogens is 1. The second-order valence-corrected chi connectivity index (χ2v) is 4.16. The maximum atomic E-state index is 5.89. The lowest BCUT2D eigenvalue weighted by Crippen LogP contribution is -2.03. The standard InChI is InChI=1S/C12H12ClN3O2/c1-2-11-14-15-12(6-13)16(11)8-3-4-9-10(5-8)18-7-17-9/h3-5H,2,6-7H2,1H3. The number of rotatable bonds is 3. The van der Waals surface area contributed by atoms with Gasteiger partial charge in [0.2, 0.25) is 6.79 Å². The van der Waals surface area contributed by atoms with Crippen LogP contribution in [-0.4, -0.2) is 21.6 Å². The summed E-state index contributed by atoms with van der Waals surface area (Å²) in [5.74, 6) is 3.43. The molecule has 5 nitrogen and oxygen atoms in total. The molecule has 1 aliphatic heterocycles. The van der Waals surface area contributed by atoms with Gasteiger partial charge in [-0.25, -0.2) is 0 Å². The van der Waals surface area contributed by atoms with Crippen molar-refractivity contribution in [3.05, 3.63) is 29.8 Å². The zero-order valence-electron chi connectivity index (χ0n) is 9.89. The van der Waals surface area contributed by atoms with Crippen LogP contribution in [0.2, 0.25) is 0 Å². The fourth-order valence-corrected chi connectivity index (χ4v) is 2.16. The van der Waals surface area contributed by atoms with E-state index in [0.29, 0.717) is 5.88 Å². The quantitative estimate of drug-likeness (QED) is 0.799. The summed E-state index contributed by atoms with van der Waals surface area (Å²) in [6.07, 6.45) is 0.790. The van der Waals surface area contributed by atoms with Gasteiger partial charge in [0.1, 0.15) is 5.82 Å². The summed E-state index contributed by atoms with van der Waals surface area (Å²) in [5.41, 5.74) is 0.941. The van der Waals surface area contributed by atoms with Gasteiger partial charge in [0.15, 0.2) is 17.3 Å². The van der Waals surface area contributed by atoms with E-state index in [4.69, 9.17) is 21.1 Å². The molecule has 0 aliphatic carbocycles. The average molecular weight is 266 g/mol. The van der Waals surface area contributed by atoms with E-state index in [9.17, 15) is 0 Å². The first-order chi connectivity index (χ1) is 8.83. The molecule has 0 unspecified atom stereocenters. The van der Waals surface area contributed by atoms with Crippen molar-refractivity contribution in [3.63, 3.8) is 0 Å². The Morgan fingerprint density at radius 1 is 1.22 bits per heavy atom. The van der Waals surface area contributed by atoms with Crippen molar-refractivity contribution in [2.45, 2.75) is 19.2 Å². The fraction of sp³-hybridized carbons (Fsp3) is 0.333. The predicted molar refractivity (Wildman–Crippen MR) is 66.4 cm³/mol. The minimum atomic E-state index is 0.268. The molecule has 18 heavy (non-hydrogen) atoms. The number of aromatic nitrogens is 3. The number of ether oxygens (including phenoxy) is 2. The van der Waals surface area contributed by atoms with E-state index in [2.05, 4.69) is 10.2 Å². The Balaban J connectivity index is 2.11. The van der Waals surface area contributed by atoms with Crippen molar-refractivity contribution in [3.8, 4) is 17.2 Å². The molecule has 2 heterocycles. The summed E-state index contributed by atoms with van der Waals surface area (Å²) in [6, 6.07) is 5.75. The van der Waals surface area contributed by atoms with Gasteiger partial charge in [-0.2, -0.15) is 0 Å². The van der Waals surface area contributed by atoms with Crippen LogP contribution in [0.1, 0.15) is 18.6 Å².